The molecule has 4 heteroatoms. The van der Waals surface area contributed by atoms with Crippen LogP contribution >= 0.6 is 12.2 Å². The minimum atomic E-state index is 0.0816. The first-order chi connectivity index (χ1) is 8.29. The lowest BCUT2D eigenvalue weighted by Crippen LogP contribution is -2.42. The number of carbonyl (C=O) groups excluding carboxylic acids is 1. The van der Waals surface area contributed by atoms with E-state index in [1.807, 2.05) is 4.90 Å². The Bertz CT molecular complexity index is 314. The fourth-order valence-corrected chi connectivity index (χ4v) is 3.94. The van der Waals surface area contributed by atoms with E-state index in [2.05, 4.69) is 4.90 Å². The molecular weight excluding hydrogens is 232 g/mol. The van der Waals surface area contributed by atoms with Crippen LogP contribution in [0.25, 0.3) is 0 Å². The molecule has 0 N–H and O–H groups in total. The van der Waals surface area contributed by atoms with Crippen molar-refractivity contribution in [3.8, 4) is 0 Å². The maximum absolute atomic E-state index is 12.4. The quantitative estimate of drug-likeness (QED) is 0.669. The van der Waals surface area contributed by atoms with E-state index in [1.165, 1.54) is 32.1 Å². The molecule has 3 nitrogen and oxygen atoms in total. The Morgan fingerprint density at radius 3 is 2.41 bits per heavy atom. The Morgan fingerprint density at radius 2 is 1.71 bits per heavy atom. The highest BCUT2D eigenvalue weighted by atomic mass is 32.1. The van der Waals surface area contributed by atoms with Gasteiger partial charge in [-0.3, -0.25) is 9.69 Å². The lowest BCUT2D eigenvalue weighted by atomic mass is 9.94. The lowest BCUT2D eigenvalue weighted by Gasteiger charge is -2.31. The van der Waals surface area contributed by atoms with Crippen LogP contribution in [0, 0.1) is 0 Å². The molecule has 0 radical (unpaired) electrons. The zero-order valence-electron chi connectivity index (χ0n) is 10.2. The molecule has 0 aromatic heterocycles. The number of piperidine rings is 1. The molecule has 94 valence electrons. The first kappa shape index (κ1) is 11.5. The Morgan fingerprint density at radius 1 is 1.00 bits per heavy atom. The molecule has 3 rings (SSSR count). The molecule has 0 unspecified atom stereocenters. The van der Waals surface area contributed by atoms with E-state index in [0.29, 0.717) is 11.9 Å². The standard InChI is InChI=1S/C13H20N2OS/c16-12-11-8-4-5-9-14(11)13(17)15(12)10-6-2-1-3-7-10/h10-11H,1-9H2/t11-/m0/s1. The maximum Gasteiger partial charge on any atom is 0.251 e. The average Bonchev–Trinajstić information content (AvgIpc) is 2.64. The molecule has 2 aliphatic heterocycles. The summed E-state index contributed by atoms with van der Waals surface area (Å²) >= 11 is 5.53. The van der Waals surface area contributed by atoms with Crippen molar-refractivity contribution in [1.82, 2.24) is 9.80 Å². The number of nitrogens with zero attached hydrogens (tertiary/aromatic N) is 2. The molecule has 0 spiro atoms. The lowest BCUT2D eigenvalue weighted by molar-refractivity contribution is -0.130. The predicted octanol–water partition coefficient (Wildman–Crippen LogP) is 2.30. The van der Waals surface area contributed by atoms with Gasteiger partial charge in [-0.2, -0.15) is 0 Å². The summed E-state index contributed by atoms with van der Waals surface area (Å²) in [6, 6.07) is 0.479. The van der Waals surface area contributed by atoms with Crippen molar-refractivity contribution in [1.29, 1.82) is 0 Å². The van der Waals surface area contributed by atoms with Crippen LogP contribution in [0.1, 0.15) is 51.4 Å². The molecule has 0 aromatic carbocycles. The van der Waals surface area contributed by atoms with Crippen LogP contribution in [-0.2, 0) is 4.79 Å². The van der Waals surface area contributed by atoms with E-state index in [0.717, 1.165) is 30.9 Å². The third kappa shape index (κ3) is 1.86. The van der Waals surface area contributed by atoms with Gasteiger partial charge in [-0.15, -0.1) is 0 Å². The number of carbonyl (C=O) groups is 1. The topological polar surface area (TPSA) is 23.6 Å². The van der Waals surface area contributed by atoms with Gasteiger partial charge in [0.2, 0.25) is 0 Å². The number of amides is 1. The molecule has 3 aliphatic rings. The molecule has 2 saturated heterocycles. The second kappa shape index (κ2) is 4.56. The molecule has 1 atom stereocenters. The van der Waals surface area contributed by atoms with Gasteiger partial charge in [0.1, 0.15) is 6.04 Å². The van der Waals surface area contributed by atoms with Crippen molar-refractivity contribution in [2.24, 2.45) is 0 Å². The van der Waals surface area contributed by atoms with Gasteiger partial charge in [-0.05, 0) is 44.3 Å². The van der Waals surface area contributed by atoms with E-state index in [9.17, 15) is 4.79 Å². The van der Waals surface area contributed by atoms with Gasteiger partial charge in [0.05, 0.1) is 0 Å². The average molecular weight is 252 g/mol. The highest BCUT2D eigenvalue weighted by molar-refractivity contribution is 7.80. The van der Waals surface area contributed by atoms with Crippen molar-refractivity contribution in [2.75, 3.05) is 6.54 Å². The van der Waals surface area contributed by atoms with Crippen LogP contribution in [0.3, 0.4) is 0 Å². The third-order valence-corrected chi connectivity index (χ3v) is 4.85. The van der Waals surface area contributed by atoms with Crippen LogP contribution in [0.15, 0.2) is 0 Å². The maximum atomic E-state index is 12.4. The molecular formula is C13H20N2OS. The monoisotopic (exact) mass is 252 g/mol. The summed E-state index contributed by atoms with van der Waals surface area (Å²) in [4.78, 5) is 16.6. The fraction of sp³-hybridized carbons (Fsp3) is 0.846. The number of rotatable bonds is 1. The van der Waals surface area contributed by atoms with Crippen molar-refractivity contribution >= 4 is 23.2 Å². The normalized spacial score (nSPS) is 30.9. The van der Waals surface area contributed by atoms with Gasteiger partial charge in [-0.1, -0.05) is 19.3 Å². The van der Waals surface area contributed by atoms with Gasteiger partial charge in [0, 0.05) is 12.6 Å². The van der Waals surface area contributed by atoms with Crippen LogP contribution in [0.2, 0.25) is 0 Å². The van der Waals surface area contributed by atoms with Gasteiger partial charge < -0.3 is 4.90 Å². The van der Waals surface area contributed by atoms with Gasteiger partial charge >= 0.3 is 0 Å². The van der Waals surface area contributed by atoms with Crippen LogP contribution < -0.4 is 0 Å². The van der Waals surface area contributed by atoms with E-state index in [-0.39, 0.29) is 6.04 Å². The highest BCUT2D eigenvalue weighted by Crippen LogP contribution is 2.32. The summed E-state index contributed by atoms with van der Waals surface area (Å²) in [5.41, 5.74) is 0. The van der Waals surface area contributed by atoms with Gasteiger partial charge in [0.25, 0.3) is 5.91 Å². The van der Waals surface area contributed by atoms with Crippen molar-refractivity contribution < 1.29 is 4.79 Å². The van der Waals surface area contributed by atoms with Crippen molar-refractivity contribution in [2.45, 2.75) is 63.5 Å². The van der Waals surface area contributed by atoms with E-state index >= 15 is 0 Å². The number of hydrogen-bond acceptors (Lipinski definition) is 2. The molecule has 1 aliphatic carbocycles. The first-order valence-electron chi connectivity index (χ1n) is 6.93. The minimum absolute atomic E-state index is 0.0816. The molecule has 17 heavy (non-hydrogen) atoms. The number of thiocarbonyl (C=S) groups is 1. The zero-order valence-corrected chi connectivity index (χ0v) is 11.0. The molecule has 3 fully saturated rings. The highest BCUT2D eigenvalue weighted by Gasteiger charge is 2.45. The second-order valence-electron chi connectivity index (χ2n) is 5.49. The minimum Gasteiger partial charge on any atom is -0.337 e. The number of fused-ring (bicyclic) bond motifs is 1. The van der Waals surface area contributed by atoms with Gasteiger partial charge in [-0.25, -0.2) is 0 Å². The molecule has 1 amide bonds. The molecule has 2 heterocycles. The Kier molecular flexibility index (Phi) is 3.07. The summed E-state index contributed by atoms with van der Waals surface area (Å²) in [5, 5.41) is 0.826. The summed E-state index contributed by atoms with van der Waals surface area (Å²) in [6.45, 7) is 0.985. The van der Waals surface area contributed by atoms with Crippen LogP contribution in [-0.4, -0.2) is 39.4 Å². The van der Waals surface area contributed by atoms with Crippen LogP contribution in [0.5, 0.6) is 0 Å². The molecule has 0 aromatic rings. The van der Waals surface area contributed by atoms with Crippen molar-refractivity contribution in [3.05, 3.63) is 0 Å². The molecule has 1 saturated carbocycles. The first-order valence-corrected chi connectivity index (χ1v) is 7.33. The summed E-state index contributed by atoms with van der Waals surface area (Å²) in [6.07, 6.45) is 9.47. The Balaban J connectivity index is 1.80. The number of hydrogen-bond donors (Lipinski definition) is 0. The smallest absolute Gasteiger partial charge is 0.251 e. The Labute approximate surface area is 108 Å². The van der Waals surface area contributed by atoms with Crippen LogP contribution in [0.4, 0.5) is 0 Å². The predicted molar refractivity (Wildman–Crippen MR) is 70.7 cm³/mol. The fourth-order valence-electron chi connectivity index (χ4n) is 3.49. The zero-order chi connectivity index (χ0) is 11.8. The Hall–Kier alpha value is -0.640. The SMILES string of the molecule is O=C1[C@@H]2CCCCN2C(=S)N1C1CCCCC1. The third-order valence-electron chi connectivity index (χ3n) is 4.42. The molecule has 0 bridgehead atoms. The summed E-state index contributed by atoms with van der Waals surface area (Å²) in [5.74, 6) is 0.293. The summed E-state index contributed by atoms with van der Waals surface area (Å²) < 4.78 is 0. The van der Waals surface area contributed by atoms with E-state index in [1.54, 1.807) is 0 Å². The van der Waals surface area contributed by atoms with Crippen molar-refractivity contribution in [3.63, 3.8) is 0 Å². The second-order valence-corrected chi connectivity index (χ2v) is 5.85. The van der Waals surface area contributed by atoms with E-state index < -0.39 is 0 Å². The van der Waals surface area contributed by atoms with E-state index in [4.69, 9.17) is 12.2 Å². The largest absolute Gasteiger partial charge is 0.337 e. The van der Waals surface area contributed by atoms with Gasteiger partial charge in [0.15, 0.2) is 5.11 Å². The summed E-state index contributed by atoms with van der Waals surface area (Å²) in [7, 11) is 0.